The van der Waals surface area contributed by atoms with Gasteiger partial charge in [-0.15, -0.1) is 11.3 Å². The van der Waals surface area contributed by atoms with Gasteiger partial charge in [0.2, 0.25) is 0 Å². The lowest BCUT2D eigenvalue weighted by Crippen LogP contribution is -2.58. The molecule has 20 heavy (non-hydrogen) atoms. The van der Waals surface area contributed by atoms with Crippen LogP contribution in [-0.4, -0.2) is 41.1 Å². The van der Waals surface area contributed by atoms with Crippen molar-refractivity contribution in [3.8, 4) is 0 Å². The second-order valence-electron chi connectivity index (χ2n) is 5.89. The molecule has 0 saturated heterocycles. The maximum Gasteiger partial charge on any atom is 0.0947 e. The van der Waals surface area contributed by atoms with Crippen molar-refractivity contribution < 1.29 is 0 Å². The average molecular weight is 298 g/mol. The molecular formula is C16H31N3S. The maximum absolute atomic E-state index is 4.72. The third kappa shape index (κ3) is 4.03. The minimum absolute atomic E-state index is 0.132. The molecule has 0 aliphatic carbocycles. The molecule has 4 heteroatoms. The van der Waals surface area contributed by atoms with Gasteiger partial charge in [-0.2, -0.15) is 0 Å². The first kappa shape index (κ1) is 17.6. The zero-order chi connectivity index (χ0) is 15.3. The van der Waals surface area contributed by atoms with Gasteiger partial charge >= 0.3 is 0 Å². The molecule has 0 radical (unpaired) electrons. The normalized spacial score (nSPS) is 14.0. The van der Waals surface area contributed by atoms with Gasteiger partial charge in [-0.3, -0.25) is 4.90 Å². The Morgan fingerprint density at radius 3 is 2.20 bits per heavy atom. The van der Waals surface area contributed by atoms with E-state index in [2.05, 4.69) is 58.7 Å². The molecule has 0 aliphatic heterocycles. The molecule has 1 rings (SSSR count). The Labute approximate surface area is 128 Å². The van der Waals surface area contributed by atoms with E-state index in [-0.39, 0.29) is 5.54 Å². The summed E-state index contributed by atoms with van der Waals surface area (Å²) in [6, 6.07) is 0.428. The van der Waals surface area contributed by atoms with Crippen LogP contribution in [0, 0.1) is 13.8 Å². The van der Waals surface area contributed by atoms with Crippen LogP contribution in [0.1, 0.15) is 50.2 Å². The quantitative estimate of drug-likeness (QED) is 0.797. The number of hydrogen-bond acceptors (Lipinski definition) is 4. The van der Waals surface area contributed by atoms with Gasteiger partial charge in [0.25, 0.3) is 0 Å². The summed E-state index contributed by atoms with van der Waals surface area (Å²) in [5.74, 6) is 0. The largest absolute Gasteiger partial charge is 0.312 e. The lowest BCUT2D eigenvalue weighted by atomic mass is 9.89. The van der Waals surface area contributed by atoms with Crippen LogP contribution in [0.25, 0.3) is 0 Å². The first-order valence-corrected chi connectivity index (χ1v) is 8.59. The predicted molar refractivity (Wildman–Crippen MR) is 89.8 cm³/mol. The van der Waals surface area contributed by atoms with Gasteiger partial charge in [0.05, 0.1) is 10.7 Å². The SMILES string of the molecule is CCNC(Cc1nc(C)c(C)s1)C(C)(C)N(CC)CC. The van der Waals surface area contributed by atoms with E-state index in [1.54, 1.807) is 0 Å². The Morgan fingerprint density at radius 1 is 1.20 bits per heavy atom. The smallest absolute Gasteiger partial charge is 0.0947 e. The molecule has 1 heterocycles. The molecule has 0 spiro atoms. The molecule has 0 aromatic carbocycles. The van der Waals surface area contributed by atoms with Crippen LogP contribution in [0.2, 0.25) is 0 Å². The van der Waals surface area contributed by atoms with Gasteiger partial charge in [0.1, 0.15) is 0 Å². The summed E-state index contributed by atoms with van der Waals surface area (Å²) >= 11 is 1.84. The van der Waals surface area contributed by atoms with E-state index in [0.717, 1.165) is 26.1 Å². The van der Waals surface area contributed by atoms with Crippen molar-refractivity contribution >= 4 is 11.3 Å². The lowest BCUT2D eigenvalue weighted by Gasteiger charge is -2.43. The summed E-state index contributed by atoms with van der Waals surface area (Å²) in [7, 11) is 0. The van der Waals surface area contributed by atoms with Crippen LogP contribution in [-0.2, 0) is 6.42 Å². The van der Waals surface area contributed by atoms with E-state index in [1.165, 1.54) is 15.6 Å². The molecule has 1 aromatic rings. The van der Waals surface area contributed by atoms with Crippen LogP contribution < -0.4 is 5.32 Å². The van der Waals surface area contributed by atoms with Crippen molar-refractivity contribution in [1.29, 1.82) is 0 Å². The van der Waals surface area contributed by atoms with Crippen molar-refractivity contribution in [3.05, 3.63) is 15.6 Å². The third-order valence-electron chi connectivity index (χ3n) is 4.33. The van der Waals surface area contributed by atoms with Gasteiger partial charge in [0.15, 0.2) is 0 Å². The monoisotopic (exact) mass is 297 g/mol. The first-order chi connectivity index (χ1) is 9.36. The fraction of sp³-hybridized carbons (Fsp3) is 0.812. The Morgan fingerprint density at radius 2 is 1.80 bits per heavy atom. The molecule has 0 amide bonds. The van der Waals surface area contributed by atoms with E-state index in [1.807, 2.05) is 11.3 Å². The molecule has 1 atom stereocenters. The highest BCUT2D eigenvalue weighted by Gasteiger charge is 2.34. The standard InChI is InChI=1S/C16H31N3S/c1-8-17-14(16(6,7)19(9-2)10-3)11-15-18-12(4)13(5)20-15/h14,17H,8-11H2,1-7H3. The molecular weight excluding hydrogens is 266 g/mol. The van der Waals surface area contributed by atoms with E-state index < -0.39 is 0 Å². The number of aryl methyl sites for hydroxylation is 2. The predicted octanol–water partition coefficient (Wildman–Crippen LogP) is 3.40. The second kappa shape index (κ2) is 7.53. The van der Waals surface area contributed by atoms with Gasteiger partial charge in [0, 0.05) is 22.9 Å². The van der Waals surface area contributed by atoms with Crippen LogP contribution in [0.4, 0.5) is 0 Å². The summed E-state index contributed by atoms with van der Waals surface area (Å²) in [6.07, 6.45) is 1.01. The number of rotatable bonds is 8. The maximum atomic E-state index is 4.72. The molecule has 3 nitrogen and oxygen atoms in total. The van der Waals surface area contributed by atoms with Gasteiger partial charge in [-0.05, 0) is 47.3 Å². The summed E-state index contributed by atoms with van der Waals surface area (Å²) in [5.41, 5.74) is 1.31. The number of aromatic nitrogens is 1. The molecule has 1 N–H and O–H groups in total. The topological polar surface area (TPSA) is 28.2 Å². The summed E-state index contributed by atoms with van der Waals surface area (Å²) < 4.78 is 0. The fourth-order valence-corrected chi connectivity index (χ4v) is 3.86. The van der Waals surface area contributed by atoms with E-state index in [4.69, 9.17) is 4.98 Å². The Kier molecular flexibility index (Phi) is 6.62. The second-order valence-corrected chi connectivity index (χ2v) is 7.18. The minimum atomic E-state index is 0.132. The Hall–Kier alpha value is -0.450. The fourth-order valence-electron chi connectivity index (χ4n) is 2.88. The van der Waals surface area contributed by atoms with Crippen molar-refractivity contribution in [1.82, 2.24) is 15.2 Å². The number of hydrogen-bond donors (Lipinski definition) is 1. The van der Waals surface area contributed by atoms with Crippen molar-refractivity contribution in [2.24, 2.45) is 0 Å². The summed E-state index contributed by atoms with van der Waals surface area (Å²) in [6.45, 7) is 18.8. The number of likely N-dealkylation sites (N-methyl/N-ethyl adjacent to an activating group) is 2. The molecule has 1 unspecified atom stereocenters. The number of thiazole rings is 1. The lowest BCUT2D eigenvalue weighted by molar-refractivity contribution is 0.0918. The zero-order valence-electron chi connectivity index (χ0n) is 14.2. The van der Waals surface area contributed by atoms with Crippen LogP contribution >= 0.6 is 11.3 Å². The van der Waals surface area contributed by atoms with E-state index in [9.17, 15) is 0 Å². The van der Waals surface area contributed by atoms with Crippen LogP contribution in [0.5, 0.6) is 0 Å². The summed E-state index contributed by atoms with van der Waals surface area (Å²) in [5, 5.41) is 4.93. The Bertz CT molecular complexity index is 388. The highest BCUT2D eigenvalue weighted by atomic mass is 32.1. The Balaban J connectivity index is 2.92. The van der Waals surface area contributed by atoms with Crippen LogP contribution in [0.3, 0.4) is 0 Å². The minimum Gasteiger partial charge on any atom is -0.312 e. The molecule has 0 bridgehead atoms. The van der Waals surface area contributed by atoms with Crippen molar-refractivity contribution in [2.75, 3.05) is 19.6 Å². The molecule has 116 valence electrons. The van der Waals surface area contributed by atoms with Crippen LogP contribution in [0.15, 0.2) is 0 Å². The first-order valence-electron chi connectivity index (χ1n) is 7.78. The van der Waals surface area contributed by atoms with Gasteiger partial charge in [-0.1, -0.05) is 20.8 Å². The van der Waals surface area contributed by atoms with E-state index in [0.29, 0.717) is 6.04 Å². The van der Waals surface area contributed by atoms with Crippen molar-refractivity contribution in [2.45, 2.75) is 66.5 Å². The van der Waals surface area contributed by atoms with Gasteiger partial charge < -0.3 is 5.32 Å². The number of nitrogens with one attached hydrogen (secondary N) is 1. The third-order valence-corrected chi connectivity index (χ3v) is 5.43. The summed E-state index contributed by atoms with van der Waals surface area (Å²) in [4.78, 5) is 8.60. The average Bonchev–Trinajstić information content (AvgIpc) is 2.69. The molecule has 0 fully saturated rings. The molecule has 0 aliphatic rings. The molecule has 1 aromatic heterocycles. The highest BCUT2D eigenvalue weighted by molar-refractivity contribution is 7.11. The van der Waals surface area contributed by atoms with Crippen molar-refractivity contribution in [3.63, 3.8) is 0 Å². The molecule has 0 saturated carbocycles. The zero-order valence-corrected chi connectivity index (χ0v) is 15.0. The highest BCUT2D eigenvalue weighted by Crippen LogP contribution is 2.25. The van der Waals surface area contributed by atoms with E-state index >= 15 is 0 Å². The van der Waals surface area contributed by atoms with Gasteiger partial charge in [-0.25, -0.2) is 4.98 Å². The number of nitrogens with zero attached hydrogens (tertiary/aromatic N) is 2.